The van der Waals surface area contributed by atoms with Gasteiger partial charge in [0.2, 0.25) is 5.91 Å². The quantitative estimate of drug-likeness (QED) is 0.0277. The Hall–Kier alpha value is -1.48. The number of hydrogen-bond donors (Lipinski definition) is 9. The summed E-state index contributed by atoms with van der Waals surface area (Å²) in [6.07, 6.45) is 15.6. The number of carbonyl (C=O) groups is 1. The van der Waals surface area contributed by atoms with Gasteiger partial charge in [-0.1, -0.05) is 108 Å². The van der Waals surface area contributed by atoms with Crippen molar-refractivity contribution in [1.82, 2.24) is 5.32 Å². The Kier molecular flexibility index (Phi) is 27.0. The maximum Gasteiger partial charge on any atom is 0.472 e. The molecule has 1 amide bonds. The van der Waals surface area contributed by atoms with Crippen LogP contribution in [0.1, 0.15) is 136 Å². The molecule has 0 bridgehead atoms. The molecule has 1 aliphatic rings. The van der Waals surface area contributed by atoms with Crippen LogP contribution in [-0.2, 0) is 18.4 Å². The van der Waals surface area contributed by atoms with Gasteiger partial charge in [0.05, 0.1) is 31.3 Å². The molecule has 8 atom stereocenters. The van der Waals surface area contributed by atoms with Crippen molar-refractivity contribution in [2.75, 3.05) is 6.61 Å². The van der Waals surface area contributed by atoms with Gasteiger partial charge in [0.1, 0.15) is 36.6 Å². The van der Waals surface area contributed by atoms with Crippen molar-refractivity contribution >= 4 is 13.7 Å². The van der Waals surface area contributed by atoms with E-state index < -0.39 is 75.2 Å². The van der Waals surface area contributed by atoms with Crippen LogP contribution in [0.3, 0.4) is 0 Å². The van der Waals surface area contributed by atoms with Crippen LogP contribution in [-0.4, -0.2) is 108 Å². The van der Waals surface area contributed by atoms with E-state index in [4.69, 9.17) is 9.05 Å². The van der Waals surface area contributed by atoms with Crippen LogP contribution in [0.2, 0.25) is 0 Å². The molecule has 1 saturated carbocycles. The van der Waals surface area contributed by atoms with Crippen LogP contribution in [0.15, 0.2) is 36.5 Å². The second kappa shape index (κ2) is 28.9. The van der Waals surface area contributed by atoms with E-state index in [1.54, 1.807) is 6.08 Å². The van der Waals surface area contributed by atoms with Gasteiger partial charge < -0.3 is 46.0 Å². The molecule has 9 N–H and O–H groups in total. The summed E-state index contributed by atoms with van der Waals surface area (Å²) >= 11 is 0. The minimum atomic E-state index is -5.14. The van der Waals surface area contributed by atoms with Gasteiger partial charge in [-0.05, 0) is 57.8 Å². The minimum Gasteiger partial charge on any atom is -0.393 e. The van der Waals surface area contributed by atoms with Gasteiger partial charge >= 0.3 is 7.82 Å². The zero-order valence-corrected chi connectivity index (χ0v) is 32.4. The standard InChI is InChI=1S/C38H70NO12P/c1-3-5-7-9-11-13-14-15-16-18-19-21-23-25-29(40)27-32(42)39-30(31(41)26-24-22-20-17-12-10-8-6-4-2)28-50-52(48,49)51-38-36(46)34(44)33(43)35(45)37(38)47/h12-14,17,24,26,29-31,33-38,40-41,43-47H,3-11,15-16,18-23,25,27-28H2,1-2H3,(H,39,42)(H,48,49)/b14-13-,17-12+,26-24+. The third kappa shape index (κ3) is 21.4. The van der Waals surface area contributed by atoms with E-state index >= 15 is 0 Å². The van der Waals surface area contributed by atoms with Gasteiger partial charge in [-0.3, -0.25) is 13.8 Å². The highest BCUT2D eigenvalue weighted by atomic mass is 31.2. The summed E-state index contributed by atoms with van der Waals surface area (Å²) in [5.41, 5.74) is 0. The molecule has 0 heterocycles. The fourth-order valence-corrected chi connectivity index (χ4v) is 6.86. The number of unbranched alkanes of at least 4 members (excludes halogenated alkanes) is 13. The zero-order valence-electron chi connectivity index (χ0n) is 31.5. The molecule has 13 nitrogen and oxygen atoms in total. The third-order valence-electron chi connectivity index (χ3n) is 9.20. The smallest absolute Gasteiger partial charge is 0.393 e. The Morgan fingerprint density at radius 2 is 1.13 bits per heavy atom. The second-order valence-electron chi connectivity index (χ2n) is 13.9. The fraction of sp³-hybridized carbons (Fsp3) is 0.816. The lowest BCUT2D eigenvalue weighted by atomic mass is 9.85. The number of carbonyl (C=O) groups excluding carboxylic acids is 1. The van der Waals surface area contributed by atoms with Crippen LogP contribution in [0.4, 0.5) is 0 Å². The van der Waals surface area contributed by atoms with Gasteiger partial charge in [0.15, 0.2) is 0 Å². The summed E-state index contributed by atoms with van der Waals surface area (Å²) in [6.45, 7) is 3.60. The number of hydrogen-bond acceptors (Lipinski definition) is 11. The van der Waals surface area contributed by atoms with E-state index in [-0.39, 0.29) is 6.42 Å². The molecular weight excluding hydrogens is 693 g/mol. The van der Waals surface area contributed by atoms with Gasteiger partial charge in [0.25, 0.3) is 0 Å². The fourth-order valence-electron chi connectivity index (χ4n) is 5.89. The first-order valence-corrected chi connectivity index (χ1v) is 21.0. The second-order valence-corrected chi connectivity index (χ2v) is 15.4. The molecule has 1 rings (SSSR count). The van der Waals surface area contributed by atoms with Crippen LogP contribution >= 0.6 is 7.82 Å². The molecule has 0 spiro atoms. The Morgan fingerprint density at radius 3 is 1.73 bits per heavy atom. The average Bonchev–Trinajstić information content (AvgIpc) is 3.11. The predicted octanol–water partition coefficient (Wildman–Crippen LogP) is 4.63. The van der Waals surface area contributed by atoms with Crippen molar-refractivity contribution in [1.29, 1.82) is 0 Å². The number of aliphatic hydroxyl groups excluding tert-OH is 7. The highest BCUT2D eigenvalue weighted by molar-refractivity contribution is 7.47. The Bertz CT molecular complexity index is 1040. The molecule has 52 heavy (non-hydrogen) atoms. The molecule has 8 unspecified atom stereocenters. The number of phosphoric acid groups is 1. The molecule has 0 aromatic carbocycles. The molecular formula is C38H70NO12P. The molecule has 0 aromatic heterocycles. The molecule has 304 valence electrons. The maximum absolute atomic E-state index is 12.9. The largest absolute Gasteiger partial charge is 0.472 e. The van der Waals surface area contributed by atoms with Crippen LogP contribution in [0, 0.1) is 0 Å². The van der Waals surface area contributed by atoms with E-state index in [9.17, 15) is 50.0 Å². The van der Waals surface area contributed by atoms with E-state index in [1.807, 2.05) is 6.08 Å². The van der Waals surface area contributed by atoms with Crippen molar-refractivity contribution < 1.29 is 59.0 Å². The SMILES string of the molecule is CCCCC/C=C/CC/C=C/C(O)C(COP(=O)(O)OC1C(O)C(O)C(O)C(O)C1O)NC(=O)CC(O)CCCCCCC/C=C\CCCCCC. The zero-order chi connectivity index (χ0) is 38.8. The van der Waals surface area contributed by atoms with Gasteiger partial charge in [-0.15, -0.1) is 0 Å². The number of rotatable bonds is 30. The van der Waals surface area contributed by atoms with E-state index in [1.165, 1.54) is 38.2 Å². The van der Waals surface area contributed by atoms with Crippen molar-refractivity contribution in [3.8, 4) is 0 Å². The number of phosphoric ester groups is 1. The number of nitrogens with one attached hydrogen (secondary N) is 1. The van der Waals surface area contributed by atoms with Gasteiger partial charge in [0, 0.05) is 0 Å². The maximum atomic E-state index is 12.9. The normalized spacial score (nSPS) is 25.5. The Morgan fingerprint density at radius 1 is 0.673 bits per heavy atom. The lowest BCUT2D eigenvalue weighted by molar-refractivity contribution is -0.220. The van der Waals surface area contributed by atoms with Crippen molar-refractivity contribution in [2.45, 2.75) is 191 Å². The van der Waals surface area contributed by atoms with Crippen molar-refractivity contribution in [3.63, 3.8) is 0 Å². The molecule has 1 aliphatic carbocycles. The third-order valence-corrected chi connectivity index (χ3v) is 10.2. The average molecular weight is 764 g/mol. The first-order valence-electron chi connectivity index (χ1n) is 19.5. The molecule has 0 radical (unpaired) electrons. The summed E-state index contributed by atoms with van der Waals surface area (Å²) in [5.74, 6) is -0.614. The summed E-state index contributed by atoms with van der Waals surface area (Å²) in [4.78, 5) is 23.2. The number of amides is 1. The monoisotopic (exact) mass is 763 g/mol. The molecule has 0 aliphatic heterocycles. The number of allylic oxidation sites excluding steroid dienone is 5. The van der Waals surface area contributed by atoms with Crippen LogP contribution in [0.25, 0.3) is 0 Å². The Labute approximate surface area is 311 Å². The van der Waals surface area contributed by atoms with E-state index in [0.29, 0.717) is 12.8 Å². The molecule has 14 heteroatoms. The summed E-state index contributed by atoms with van der Waals surface area (Å²) in [6, 6.07) is -1.26. The molecule has 1 fully saturated rings. The van der Waals surface area contributed by atoms with E-state index in [2.05, 4.69) is 37.4 Å². The first-order chi connectivity index (χ1) is 24.8. The van der Waals surface area contributed by atoms with Crippen molar-refractivity contribution in [2.24, 2.45) is 0 Å². The molecule has 0 saturated heterocycles. The highest BCUT2D eigenvalue weighted by Gasteiger charge is 2.51. The van der Waals surface area contributed by atoms with Crippen LogP contribution < -0.4 is 5.32 Å². The van der Waals surface area contributed by atoms with Crippen LogP contribution in [0.5, 0.6) is 0 Å². The first kappa shape index (κ1) is 48.5. The van der Waals surface area contributed by atoms with Gasteiger partial charge in [-0.25, -0.2) is 4.57 Å². The van der Waals surface area contributed by atoms with E-state index in [0.717, 1.165) is 70.6 Å². The molecule has 0 aromatic rings. The van der Waals surface area contributed by atoms with Gasteiger partial charge in [-0.2, -0.15) is 0 Å². The summed E-state index contributed by atoms with van der Waals surface area (Å²) < 4.78 is 22.7. The Balaban J connectivity index is 2.65. The summed E-state index contributed by atoms with van der Waals surface area (Å²) in [7, 11) is -5.14. The summed E-state index contributed by atoms with van der Waals surface area (Å²) in [5, 5.41) is 73.9. The topological polar surface area (TPSA) is 226 Å². The lowest BCUT2D eigenvalue weighted by Gasteiger charge is -2.41. The minimum absolute atomic E-state index is 0.259. The number of aliphatic hydroxyl groups is 7. The predicted molar refractivity (Wildman–Crippen MR) is 201 cm³/mol. The van der Waals surface area contributed by atoms with Crippen molar-refractivity contribution in [3.05, 3.63) is 36.5 Å². The lowest BCUT2D eigenvalue weighted by Crippen LogP contribution is -2.64. The highest BCUT2D eigenvalue weighted by Crippen LogP contribution is 2.47.